The minimum atomic E-state index is -1.20. The summed E-state index contributed by atoms with van der Waals surface area (Å²) < 4.78 is 19.2. The number of carbonyl (C=O) groups excluding carboxylic acids is 1. The molecule has 7 heteroatoms. The van der Waals surface area contributed by atoms with Crippen molar-refractivity contribution in [2.75, 3.05) is 0 Å². The van der Waals surface area contributed by atoms with Crippen LogP contribution in [0.15, 0.2) is 57.9 Å². The number of rotatable bonds is 2. The van der Waals surface area contributed by atoms with E-state index in [1.807, 2.05) is 24.3 Å². The summed E-state index contributed by atoms with van der Waals surface area (Å²) in [5.74, 6) is -1.74. The van der Waals surface area contributed by atoms with Crippen LogP contribution in [0.2, 0.25) is 0 Å². The topological polar surface area (TPSA) is 103 Å². The van der Waals surface area contributed by atoms with Crippen molar-refractivity contribution in [3.05, 3.63) is 81.6 Å². The van der Waals surface area contributed by atoms with Crippen molar-refractivity contribution >= 4 is 27.8 Å². The molecule has 0 amide bonds. The second-order valence-corrected chi connectivity index (χ2v) is 7.02. The van der Waals surface area contributed by atoms with Gasteiger partial charge in [-0.05, 0) is 29.8 Å². The zero-order valence-electron chi connectivity index (χ0n) is 14.6. The van der Waals surface area contributed by atoms with Crippen molar-refractivity contribution in [2.24, 2.45) is 0 Å². The van der Waals surface area contributed by atoms with E-state index in [4.69, 9.17) is 4.42 Å². The maximum Gasteiger partial charge on any atom is 0.202 e. The van der Waals surface area contributed by atoms with Crippen LogP contribution in [0.4, 0.5) is 4.39 Å². The number of H-pyrrole nitrogens is 1. The Morgan fingerprint density at radius 2 is 2.04 bits per heavy atom. The van der Waals surface area contributed by atoms with Crippen molar-refractivity contribution < 1.29 is 24.0 Å². The summed E-state index contributed by atoms with van der Waals surface area (Å²) in [5.41, 5.74) is 2.61. The minimum absolute atomic E-state index is 0.124. The van der Waals surface area contributed by atoms with Crippen LogP contribution in [-0.4, -0.2) is 17.0 Å². The number of aliphatic carboxylic acids is 1. The molecule has 0 unspecified atom stereocenters. The van der Waals surface area contributed by atoms with Crippen LogP contribution in [0.25, 0.3) is 21.9 Å². The highest BCUT2D eigenvalue weighted by Gasteiger charge is 2.36. The van der Waals surface area contributed by atoms with Gasteiger partial charge in [0.25, 0.3) is 0 Å². The van der Waals surface area contributed by atoms with Gasteiger partial charge in [0, 0.05) is 17.3 Å². The van der Waals surface area contributed by atoms with Crippen LogP contribution < -0.4 is 15.9 Å². The summed E-state index contributed by atoms with van der Waals surface area (Å²) in [6, 6.07) is 9.86. The molecule has 3 heterocycles. The van der Waals surface area contributed by atoms with Crippen molar-refractivity contribution in [1.82, 2.24) is 4.98 Å². The number of aromatic nitrogens is 1. The van der Waals surface area contributed by atoms with Gasteiger partial charge in [-0.3, -0.25) is 4.79 Å². The van der Waals surface area contributed by atoms with Gasteiger partial charge in [0.15, 0.2) is 6.04 Å². The quantitative estimate of drug-likeness (QED) is 0.537. The molecule has 0 aliphatic carbocycles. The summed E-state index contributed by atoms with van der Waals surface area (Å²) in [4.78, 5) is 28.0. The zero-order valence-corrected chi connectivity index (χ0v) is 14.6. The Balaban J connectivity index is 1.76. The number of halogens is 1. The lowest BCUT2D eigenvalue weighted by atomic mass is 9.90. The standard InChI is InChI=1S/C21H15FN2O4/c22-10-5-6-17-13(7-10)20(25)14(9-28-17)19-18-12(8-16(24-19)21(26)27)11-3-1-2-4-15(11)23-18/h1-7,9,16,19,23-24H,8H2,(H,26,27)/t16-,19-/m1/s1. The van der Waals surface area contributed by atoms with Crippen LogP contribution in [0.5, 0.6) is 0 Å². The van der Waals surface area contributed by atoms with Crippen molar-refractivity contribution in [1.29, 1.82) is 0 Å². The summed E-state index contributed by atoms with van der Waals surface area (Å²) in [6.45, 7) is 0. The first-order valence-electron chi connectivity index (χ1n) is 8.89. The number of carboxylic acids is 1. The number of fused-ring (bicyclic) bond motifs is 4. The van der Waals surface area contributed by atoms with E-state index < -0.39 is 23.9 Å². The first-order chi connectivity index (χ1) is 13.5. The van der Waals surface area contributed by atoms with Crippen molar-refractivity contribution in [2.45, 2.75) is 18.5 Å². The Labute approximate surface area is 157 Å². The van der Waals surface area contributed by atoms with E-state index in [2.05, 4.69) is 4.98 Å². The minimum Gasteiger partial charge on any atom is -0.544 e. The van der Waals surface area contributed by atoms with Gasteiger partial charge in [-0.1, -0.05) is 18.2 Å². The van der Waals surface area contributed by atoms with E-state index in [1.165, 1.54) is 18.4 Å². The predicted octanol–water partition coefficient (Wildman–Crippen LogP) is 0.741. The number of benzene rings is 2. The largest absolute Gasteiger partial charge is 0.544 e. The van der Waals surface area contributed by atoms with Crippen LogP contribution in [0.1, 0.15) is 22.9 Å². The molecule has 140 valence electrons. The van der Waals surface area contributed by atoms with E-state index >= 15 is 0 Å². The van der Waals surface area contributed by atoms with E-state index in [9.17, 15) is 19.1 Å². The molecule has 0 bridgehead atoms. The van der Waals surface area contributed by atoms with E-state index in [-0.39, 0.29) is 28.4 Å². The molecular formula is C21H15FN2O4. The highest BCUT2D eigenvalue weighted by molar-refractivity contribution is 5.86. The third kappa shape index (κ3) is 2.44. The van der Waals surface area contributed by atoms with E-state index in [0.29, 0.717) is 0 Å². The third-order valence-corrected chi connectivity index (χ3v) is 5.41. The fraction of sp³-hybridized carbons (Fsp3) is 0.143. The van der Waals surface area contributed by atoms with Gasteiger partial charge in [0.1, 0.15) is 23.7 Å². The number of para-hydroxylation sites is 1. The first-order valence-corrected chi connectivity index (χ1v) is 8.89. The lowest BCUT2D eigenvalue weighted by Crippen LogP contribution is -2.96. The van der Waals surface area contributed by atoms with Gasteiger partial charge in [-0.15, -0.1) is 0 Å². The molecule has 0 spiro atoms. The Bertz CT molecular complexity index is 1310. The Morgan fingerprint density at radius 1 is 1.21 bits per heavy atom. The van der Waals surface area contributed by atoms with Crippen LogP contribution in [0, 0.1) is 5.82 Å². The Morgan fingerprint density at radius 3 is 2.86 bits per heavy atom. The van der Waals surface area contributed by atoms with Gasteiger partial charge in [0.2, 0.25) is 5.43 Å². The molecule has 1 aliphatic heterocycles. The number of carbonyl (C=O) groups is 1. The third-order valence-electron chi connectivity index (χ3n) is 5.41. The van der Waals surface area contributed by atoms with Crippen molar-refractivity contribution in [3.8, 4) is 0 Å². The molecule has 2 aromatic heterocycles. The SMILES string of the molecule is O=C([O-])[C@H]1Cc2c([nH]c3ccccc23)[C@@H](c2coc3ccc(F)cc3c2=O)[NH2+]1. The van der Waals surface area contributed by atoms with Gasteiger partial charge in [0.05, 0.1) is 22.6 Å². The molecule has 0 saturated carbocycles. The summed E-state index contributed by atoms with van der Waals surface area (Å²) in [7, 11) is 0. The molecule has 6 nitrogen and oxygen atoms in total. The number of quaternary nitrogens is 1. The van der Waals surface area contributed by atoms with Gasteiger partial charge < -0.3 is 24.6 Å². The number of aromatic amines is 1. The number of nitrogens with one attached hydrogen (secondary N) is 1. The smallest absolute Gasteiger partial charge is 0.202 e. The van der Waals surface area contributed by atoms with Gasteiger partial charge >= 0.3 is 0 Å². The number of nitrogens with two attached hydrogens (primary N) is 1. The van der Waals surface area contributed by atoms with E-state index in [1.54, 1.807) is 5.32 Å². The predicted molar refractivity (Wildman–Crippen MR) is 97.0 cm³/mol. The average Bonchev–Trinajstić information content (AvgIpc) is 3.07. The number of carboxylic acid groups (broad SMARTS) is 1. The molecule has 2 atom stereocenters. The Kier molecular flexibility index (Phi) is 3.60. The van der Waals surface area contributed by atoms with Crippen LogP contribution in [0.3, 0.4) is 0 Å². The lowest BCUT2D eigenvalue weighted by molar-refractivity contribution is -0.717. The molecule has 5 rings (SSSR count). The molecule has 0 radical (unpaired) electrons. The lowest BCUT2D eigenvalue weighted by Gasteiger charge is -2.28. The van der Waals surface area contributed by atoms with Gasteiger partial charge in [-0.2, -0.15) is 0 Å². The van der Waals surface area contributed by atoms with Gasteiger partial charge in [-0.25, -0.2) is 4.39 Å². The first kappa shape index (κ1) is 16.7. The monoisotopic (exact) mass is 378 g/mol. The molecule has 0 saturated heterocycles. The van der Waals surface area contributed by atoms with E-state index in [0.717, 1.165) is 28.2 Å². The number of hydrogen-bond acceptors (Lipinski definition) is 4. The zero-order chi connectivity index (χ0) is 19.4. The molecule has 0 fully saturated rings. The van der Waals surface area contributed by atoms with Crippen LogP contribution >= 0.6 is 0 Å². The number of hydrogen-bond donors (Lipinski definition) is 2. The highest BCUT2D eigenvalue weighted by atomic mass is 19.1. The normalized spacial score (nSPS) is 19.0. The fourth-order valence-corrected chi connectivity index (χ4v) is 4.08. The molecule has 28 heavy (non-hydrogen) atoms. The molecular weight excluding hydrogens is 363 g/mol. The highest BCUT2D eigenvalue weighted by Crippen LogP contribution is 2.31. The molecule has 1 aliphatic rings. The Hall–Kier alpha value is -3.45. The summed E-state index contributed by atoms with van der Waals surface area (Å²) >= 11 is 0. The summed E-state index contributed by atoms with van der Waals surface area (Å²) in [5, 5.41) is 14.3. The molecule has 2 aromatic carbocycles. The fourth-order valence-electron chi connectivity index (χ4n) is 4.08. The molecule has 3 N–H and O–H groups in total. The average molecular weight is 378 g/mol. The maximum atomic E-state index is 13.7. The second-order valence-electron chi connectivity index (χ2n) is 7.02. The van der Waals surface area contributed by atoms with Crippen LogP contribution in [-0.2, 0) is 11.2 Å². The van der Waals surface area contributed by atoms with Crippen molar-refractivity contribution in [3.63, 3.8) is 0 Å². The maximum absolute atomic E-state index is 13.7. The molecule has 4 aromatic rings. The second kappa shape index (κ2) is 6.03. The summed E-state index contributed by atoms with van der Waals surface area (Å²) in [6.07, 6.45) is 1.61.